The van der Waals surface area contributed by atoms with Crippen LogP contribution in [0.5, 0.6) is 0 Å². The van der Waals surface area contributed by atoms with Gasteiger partial charge in [-0.25, -0.2) is 0 Å². The van der Waals surface area contributed by atoms with Crippen molar-refractivity contribution in [3.63, 3.8) is 0 Å². The second kappa shape index (κ2) is 5.49. The lowest BCUT2D eigenvalue weighted by Crippen LogP contribution is -2.23. The van der Waals surface area contributed by atoms with E-state index in [1.165, 1.54) is 56.2 Å². The third-order valence-corrected chi connectivity index (χ3v) is 4.53. The van der Waals surface area contributed by atoms with Crippen LogP contribution >= 0.6 is 12.2 Å². The maximum absolute atomic E-state index is 5.82. The molecule has 19 heavy (non-hydrogen) atoms. The van der Waals surface area contributed by atoms with E-state index in [-0.39, 0.29) is 0 Å². The Bertz CT molecular complexity index is 474. The Morgan fingerprint density at radius 3 is 2.74 bits per heavy atom. The highest BCUT2D eigenvalue weighted by molar-refractivity contribution is 7.80. The molecule has 3 N–H and O–H groups in total. The molecule has 5 heteroatoms. The Labute approximate surface area is 119 Å². The van der Waals surface area contributed by atoms with Crippen LogP contribution in [0.25, 0.3) is 0 Å². The zero-order valence-corrected chi connectivity index (χ0v) is 12.1. The maximum atomic E-state index is 5.82. The topological polar surface area (TPSA) is 55.9 Å². The van der Waals surface area contributed by atoms with Crippen molar-refractivity contribution in [2.75, 3.05) is 11.9 Å². The number of nitrogens with zero attached hydrogens (tertiary/aromatic N) is 2. The summed E-state index contributed by atoms with van der Waals surface area (Å²) < 4.78 is 1.75. The number of nitrogens with two attached hydrogens (primary N) is 1. The molecule has 3 rings (SSSR count). The predicted octanol–water partition coefficient (Wildman–Crippen LogP) is 2.77. The molecule has 0 unspecified atom stereocenters. The van der Waals surface area contributed by atoms with Crippen LogP contribution in [0.15, 0.2) is 0 Å². The SMILES string of the molecule is NC(=S)n1nc(C2CCCCC2)c2c1NCCCC2. The first-order chi connectivity index (χ1) is 9.27. The van der Waals surface area contributed by atoms with E-state index in [4.69, 9.17) is 23.1 Å². The quantitative estimate of drug-likeness (QED) is 0.776. The van der Waals surface area contributed by atoms with Gasteiger partial charge in [0.05, 0.1) is 5.69 Å². The lowest BCUT2D eigenvalue weighted by atomic mass is 9.85. The third-order valence-electron chi connectivity index (χ3n) is 4.36. The summed E-state index contributed by atoms with van der Waals surface area (Å²) in [5.41, 5.74) is 8.46. The first-order valence-electron chi connectivity index (χ1n) is 7.43. The molecule has 2 aliphatic rings. The van der Waals surface area contributed by atoms with Gasteiger partial charge in [0.2, 0.25) is 0 Å². The van der Waals surface area contributed by atoms with Gasteiger partial charge in [0.15, 0.2) is 5.11 Å². The minimum absolute atomic E-state index is 0.354. The highest BCUT2D eigenvalue weighted by Crippen LogP contribution is 2.37. The third kappa shape index (κ3) is 2.48. The molecule has 1 aliphatic carbocycles. The van der Waals surface area contributed by atoms with Crippen LogP contribution in [-0.2, 0) is 6.42 Å². The molecule has 0 atom stereocenters. The first kappa shape index (κ1) is 12.9. The first-order valence-corrected chi connectivity index (χ1v) is 7.83. The lowest BCUT2D eigenvalue weighted by Gasteiger charge is -2.20. The summed E-state index contributed by atoms with van der Waals surface area (Å²) in [5.74, 6) is 1.67. The summed E-state index contributed by atoms with van der Waals surface area (Å²) in [7, 11) is 0. The van der Waals surface area contributed by atoms with Crippen molar-refractivity contribution in [3.05, 3.63) is 11.3 Å². The van der Waals surface area contributed by atoms with E-state index in [1.54, 1.807) is 4.68 Å². The molecular formula is C14H22N4S. The highest BCUT2D eigenvalue weighted by atomic mass is 32.1. The standard InChI is InChI=1S/C14H22N4S/c15-14(19)18-13-11(8-4-5-9-16-13)12(17-18)10-6-2-1-3-7-10/h10,16H,1-9H2,(H2,15,19). The van der Waals surface area contributed by atoms with Gasteiger partial charge in [-0.3, -0.25) is 0 Å². The number of fused-ring (bicyclic) bond motifs is 1. The molecule has 0 amide bonds. The number of hydrogen-bond donors (Lipinski definition) is 2. The van der Waals surface area contributed by atoms with E-state index in [0.717, 1.165) is 18.8 Å². The molecule has 104 valence electrons. The van der Waals surface area contributed by atoms with Gasteiger partial charge in [0.25, 0.3) is 0 Å². The second-order valence-corrected chi connectivity index (χ2v) is 6.10. The molecule has 1 saturated carbocycles. The van der Waals surface area contributed by atoms with Crippen LogP contribution in [0.4, 0.5) is 5.82 Å². The Hall–Kier alpha value is -1.10. The van der Waals surface area contributed by atoms with Crippen LogP contribution in [0, 0.1) is 0 Å². The molecule has 0 saturated heterocycles. The number of thiocarbonyl (C=S) groups is 1. The van der Waals surface area contributed by atoms with E-state index in [2.05, 4.69) is 5.32 Å². The Balaban J connectivity index is 2.00. The number of anilines is 1. The van der Waals surface area contributed by atoms with E-state index in [1.807, 2.05) is 0 Å². The smallest absolute Gasteiger partial charge is 0.193 e. The highest BCUT2D eigenvalue weighted by Gasteiger charge is 2.27. The molecule has 1 aliphatic heterocycles. The fourth-order valence-electron chi connectivity index (χ4n) is 3.39. The zero-order valence-electron chi connectivity index (χ0n) is 11.3. The van der Waals surface area contributed by atoms with Crippen LogP contribution in [0.3, 0.4) is 0 Å². The molecule has 0 radical (unpaired) electrons. The van der Waals surface area contributed by atoms with Crippen LogP contribution in [-0.4, -0.2) is 21.4 Å². The zero-order chi connectivity index (χ0) is 13.2. The second-order valence-electron chi connectivity index (χ2n) is 5.68. The fraction of sp³-hybridized carbons (Fsp3) is 0.714. The van der Waals surface area contributed by atoms with Crippen LogP contribution in [0.2, 0.25) is 0 Å². The van der Waals surface area contributed by atoms with Gasteiger partial charge >= 0.3 is 0 Å². The molecule has 0 aromatic carbocycles. The van der Waals surface area contributed by atoms with Crippen molar-refractivity contribution in [1.82, 2.24) is 9.78 Å². The molecule has 0 bridgehead atoms. The monoisotopic (exact) mass is 278 g/mol. The Morgan fingerprint density at radius 2 is 2.00 bits per heavy atom. The summed E-state index contributed by atoms with van der Waals surface area (Å²) in [6, 6.07) is 0. The number of nitrogens with one attached hydrogen (secondary N) is 1. The van der Waals surface area contributed by atoms with Gasteiger partial charge in [0.1, 0.15) is 5.82 Å². The summed E-state index contributed by atoms with van der Waals surface area (Å²) in [6.07, 6.45) is 10.1. The molecular weight excluding hydrogens is 256 g/mol. The molecule has 4 nitrogen and oxygen atoms in total. The number of rotatable bonds is 1. The molecule has 0 spiro atoms. The van der Waals surface area contributed by atoms with E-state index in [9.17, 15) is 0 Å². The lowest BCUT2D eigenvalue weighted by molar-refractivity contribution is 0.433. The summed E-state index contributed by atoms with van der Waals surface area (Å²) in [6.45, 7) is 0.991. The van der Waals surface area contributed by atoms with Gasteiger partial charge in [0, 0.05) is 18.0 Å². The molecule has 1 aromatic rings. The maximum Gasteiger partial charge on any atom is 0.193 e. The van der Waals surface area contributed by atoms with Gasteiger partial charge < -0.3 is 11.1 Å². The Kier molecular flexibility index (Phi) is 3.73. The van der Waals surface area contributed by atoms with E-state index in [0.29, 0.717) is 11.0 Å². The van der Waals surface area contributed by atoms with Gasteiger partial charge in [-0.1, -0.05) is 19.3 Å². The van der Waals surface area contributed by atoms with Crippen molar-refractivity contribution < 1.29 is 0 Å². The van der Waals surface area contributed by atoms with Crippen LogP contribution in [0.1, 0.15) is 62.1 Å². The van der Waals surface area contributed by atoms with Crippen molar-refractivity contribution in [2.45, 2.75) is 57.3 Å². The van der Waals surface area contributed by atoms with Crippen LogP contribution < -0.4 is 11.1 Å². The van der Waals surface area contributed by atoms with E-state index >= 15 is 0 Å². The predicted molar refractivity (Wildman–Crippen MR) is 81.7 cm³/mol. The van der Waals surface area contributed by atoms with Crippen molar-refractivity contribution in [3.8, 4) is 0 Å². The van der Waals surface area contributed by atoms with Crippen molar-refractivity contribution in [1.29, 1.82) is 0 Å². The Morgan fingerprint density at radius 1 is 1.21 bits per heavy atom. The van der Waals surface area contributed by atoms with Gasteiger partial charge in [-0.2, -0.15) is 9.78 Å². The van der Waals surface area contributed by atoms with Gasteiger partial charge in [-0.05, 0) is 44.3 Å². The summed E-state index contributed by atoms with van der Waals surface area (Å²) in [4.78, 5) is 0. The number of hydrogen-bond acceptors (Lipinski definition) is 3. The minimum Gasteiger partial charge on any atom is -0.374 e. The minimum atomic E-state index is 0.354. The fourth-order valence-corrected chi connectivity index (χ4v) is 3.52. The molecule has 1 fully saturated rings. The summed E-state index contributed by atoms with van der Waals surface area (Å²) >= 11 is 5.14. The summed E-state index contributed by atoms with van der Waals surface area (Å²) in [5, 5.41) is 8.57. The average Bonchev–Trinajstić information content (AvgIpc) is 2.62. The number of aromatic nitrogens is 2. The molecule has 1 aromatic heterocycles. The average molecular weight is 278 g/mol. The van der Waals surface area contributed by atoms with Gasteiger partial charge in [-0.15, -0.1) is 0 Å². The van der Waals surface area contributed by atoms with E-state index < -0.39 is 0 Å². The largest absolute Gasteiger partial charge is 0.374 e. The van der Waals surface area contributed by atoms with Crippen molar-refractivity contribution >= 4 is 23.1 Å². The molecule has 2 heterocycles. The van der Waals surface area contributed by atoms with Crippen molar-refractivity contribution in [2.24, 2.45) is 5.73 Å². The normalized spacial score (nSPS) is 20.4.